The van der Waals surface area contributed by atoms with Gasteiger partial charge in [0.25, 0.3) is 5.91 Å². The van der Waals surface area contributed by atoms with Crippen LogP contribution in [0.5, 0.6) is 0 Å². The summed E-state index contributed by atoms with van der Waals surface area (Å²) in [5, 5.41) is 0. The molecule has 1 aromatic carbocycles. The molecule has 1 fully saturated rings. The number of benzene rings is 1. The van der Waals surface area contributed by atoms with Crippen LogP contribution in [0.4, 0.5) is 5.69 Å². The molecule has 1 aliphatic rings. The van der Waals surface area contributed by atoms with Crippen LogP contribution in [-0.4, -0.2) is 37.0 Å². The lowest BCUT2D eigenvalue weighted by Gasteiger charge is -2.36. The van der Waals surface area contributed by atoms with Crippen molar-refractivity contribution in [2.24, 2.45) is 0 Å². The van der Waals surface area contributed by atoms with Crippen molar-refractivity contribution in [3.63, 3.8) is 0 Å². The van der Waals surface area contributed by atoms with Crippen molar-refractivity contribution in [1.82, 2.24) is 4.90 Å². The number of nitrogens with zero attached hydrogens (tertiary/aromatic N) is 2. The minimum atomic E-state index is -0.0133. The van der Waals surface area contributed by atoms with Gasteiger partial charge in [-0.25, -0.2) is 0 Å². The number of hydrogen-bond donors (Lipinski definition) is 0. The molecule has 0 bridgehead atoms. The first-order valence-electron chi connectivity index (χ1n) is 7.31. The van der Waals surface area contributed by atoms with Crippen molar-refractivity contribution in [3.05, 3.63) is 53.5 Å². The van der Waals surface area contributed by atoms with Gasteiger partial charge in [0.15, 0.2) is 5.76 Å². The summed E-state index contributed by atoms with van der Waals surface area (Å²) in [4.78, 5) is 16.5. The fourth-order valence-electron chi connectivity index (χ4n) is 2.78. The molecule has 0 spiro atoms. The SMILES string of the molecule is Cc1cccc(N2CCN(C(=O)c3ccco3)CC2)c1C. The van der Waals surface area contributed by atoms with Crippen LogP contribution < -0.4 is 4.90 Å². The number of carbonyl (C=O) groups is 1. The van der Waals surface area contributed by atoms with Crippen LogP contribution in [0.1, 0.15) is 21.7 Å². The van der Waals surface area contributed by atoms with Crippen LogP contribution in [0.15, 0.2) is 41.0 Å². The van der Waals surface area contributed by atoms with Gasteiger partial charge in [-0.05, 0) is 43.2 Å². The smallest absolute Gasteiger partial charge is 0.289 e. The van der Waals surface area contributed by atoms with E-state index in [-0.39, 0.29) is 5.91 Å². The maximum Gasteiger partial charge on any atom is 0.289 e. The first-order chi connectivity index (χ1) is 10.2. The number of amides is 1. The van der Waals surface area contributed by atoms with E-state index in [4.69, 9.17) is 4.42 Å². The molecule has 1 amide bonds. The van der Waals surface area contributed by atoms with Crippen LogP contribution in [0.25, 0.3) is 0 Å². The van der Waals surface area contributed by atoms with E-state index in [2.05, 4.69) is 36.9 Å². The molecule has 2 aromatic rings. The summed E-state index contributed by atoms with van der Waals surface area (Å²) >= 11 is 0. The van der Waals surface area contributed by atoms with Crippen molar-refractivity contribution in [3.8, 4) is 0 Å². The molecule has 1 saturated heterocycles. The van der Waals surface area contributed by atoms with Crippen LogP contribution in [-0.2, 0) is 0 Å². The molecule has 0 N–H and O–H groups in total. The molecule has 21 heavy (non-hydrogen) atoms. The second kappa shape index (κ2) is 5.64. The van der Waals surface area contributed by atoms with Gasteiger partial charge in [0.2, 0.25) is 0 Å². The summed E-state index contributed by atoms with van der Waals surface area (Å²) in [6.07, 6.45) is 1.54. The molecule has 0 saturated carbocycles. The van der Waals surface area contributed by atoms with E-state index in [0.717, 1.165) is 26.2 Å². The van der Waals surface area contributed by atoms with Crippen LogP contribution in [0.2, 0.25) is 0 Å². The van der Waals surface area contributed by atoms with Gasteiger partial charge in [-0.15, -0.1) is 0 Å². The van der Waals surface area contributed by atoms with Crippen LogP contribution in [0, 0.1) is 13.8 Å². The first-order valence-corrected chi connectivity index (χ1v) is 7.31. The number of rotatable bonds is 2. The average Bonchev–Trinajstić information content (AvgIpc) is 3.04. The predicted molar refractivity (Wildman–Crippen MR) is 82.7 cm³/mol. The van der Waals surface area contributed by atoms with Crippen LogP contribution >= 0.6 is 0 Å². The predicted octanol–water partition coefficient (Wildman–Crippen LogP) is 2.86. The lowest BCUT2D eigenvalue weighted by molar-refractivity contribution is 0.0714. The number of anilines is 1. The molecule has 0 unspecified atom stereocenters. The minimum Gasteiger partial charge on any atom is -0.459 e. The standard InChI is InChI=1S/C17H20N2O2/c1-13-5-3-6-15(14(13)2)18-8-10-19(11-9-18)17(20)16-7-4-12-21-16/h3-7,12H,8-11H2,1-2H3. The highest BCUT2D eigenvalue weighted by Crippen LogP contribution is 2.24. The monoisotopic (exact) mass is 284 g/mol. The number of aryl methyl sites for hydroxylation is 1. The summed E-state index contributed by atoms with van der Waals surface area (Å²) in [6.45, 7) is 7.47. The van der Waals surface area contributed by atoms with Gasteiger partial charge in [0.1, 0.15) is 0 Å². The highest BCUT2D eigenvalue weighted by atomic mass is 16.3. The van der Waals surface area contributed by atoms with Gasteiger partial charge < -0.3 is 14.2 Å². The van der Waals surface area contributed by atoms with Crippen molar-refractivity contribution in [2.45, 2.75) is 13.8 Å². The van der Waals surface area contributed by atoms with Crippen molar-refractivity contribution < 1.29 is 9.21 Å². The molecule has 1 aromatic heterocycles. The zero-order valence-electron chi connectivity index (χ0n) is 12.5. The van der Waals surface area contributed by atoms with Gasteiger partial charge in [0, 0.05) is 31.9 Å². The number of furan rings is 1. The molecular formula is C17H20N2O2. The van der Waals surface area contributed by atoms with Gasteiger partial charge in [0.05, 0.1) is 6.26 Å². The fourth-order valence-corrected chi connectivity index (χ4v) is 2.78. The molecule has 0 atom stereocenters. The average molecular weight is 284 g/mol. The van der Waals surface area contributed by atoms with E-state index in [1.54, 1.807) is 18.4 Å². The Hall–Kier alpha value is -2.23. The Morgan fingerprint density at radius 2 is 1.81 bits per heavy atom. The lowest BCUT2D eigenvalue weighted by Crippen LogP contribution is -2.49. The Balaban J connectivity index is 1.68. The number of carbonyl (C=O) groups excluding carboxylic acids is 1. The molecule has 110 valence electrons. The summed E-state index contributed by atoms with van der Waals surface area (Å²) in [7, 11) is 0. The fraction of sp³-hybridized carbons (Fsp3) is 0.353. The van der Waals surface area contributed by atoms with Crippen molar-refractivity contribution in [1.29, 1.82) is 0 Å². The van der Waals surface area contributed by atoms with Crippen LogP contribution in [0.3, 0.4) is 0 Å². The maximum absolute atomic E-state index is 12.2. The summed E-state index contributed by atoms with van der Waals surface area (Å²) < 4.78 is 5.19. The molecular weight excluding hydrogens is 264 g/mol. The quantitative estimate of drug-likeness (QED) is 0.851. The Kier molecular flexibility index (Phi) is 3.69. The third-order valence-electron chi connectivity index (χ3n) is 4.22. The zero-order chi connectivity index (χ0) is 14.8. The summed E-state index contributed by atoms with van der Waals surface area (Å²) in [6, 6.07) is 9.86. The van der Waals surface area contributed by atoms with E-state index in [0.29, 0.717) is 5.76 Å². The largest absolute Gasteiger partial charge is 0.459 e. The highest BCUT2D eigenvalue weighted by Gasteiger charge is 2.24. The molecule has 0 aliphatic carbocycles. The third kappa shape index (κ3) is 2.66. The Bertz CT molecular complexity index is 626. The molecule has 4 nitrogen and oxygen atoms in total. The molecule has 4 heteroatoms. The molecule has 3 rings (SSSR count). The van der Waals surface area contributed by atoms with E-state index < -0.39 is 0 Å². The zero-order valence-corrected chi connectivity index (χ0v) is 12.5. The van der Waals surface area contributed by atoms with Gasteiger partial charge in [-0.3, -0.25) is 4.79 Å². The topological polar surface area (TPSA) is 36.7 Å². The van der Waals surface area contributed by atoms with Gasteiger partial charge in [-0.2, -0.15) is 0 Å². The summed E-state index contributed by atoms with van der Waals surface area (Å²) in [5.74, 6) is 0.413. The Morgan fingerprint density at radius 3 is 2.48 bits per heavy atom. The van der Waals surface area contributed by atoms with Crippen molar-refractivity contribution >= 4 is 11.6 Å². The van der Waals surface area contributed by atoms with E-state index in [1.165, 1.54) is 16.8 Å². The normalized spacial score (nSPS) is 15.3. The summed E-state index contributed by atoms with van der Waals surface area (Å²) in [5.41, 5.74) is 3.91. The van der Waals surface area contributed by atoms with E-state index in [9.17, 15) is 4.79 Å². The van der Waals surface area contributed by atoms with E-state index >= 15 is 0 Å². The molecule has 0 radical (unpaired) electrons. The number of hydrogen-bond acceptors (Lipinski definition) is 3. The Morgan fingerprint density at radius 1 is 1.05 bits per heavy atom. The van der Waals surface area contributed by atoms with Crippen molar-refractivity contribution in [2.75, 3.05) is 31.1 Å². The maximum atomic E-state index is 12.2. The lowest BCUT2D eigenvalue weighted by atomic mass is 10.1. The third-order valence-corrected chi connectivity index (χ3v) is 4.22. The minimum absolute atomic E-state index is 0.0133. The molecule has 2 heterocycles. The second-order valence-corrected chi connectivity index (χ2v) is 5.48. The van der Waals surface area contributed by atoms with Gasteiger partial charge >= 0.3 is 0 Å². The molecule has 1 aliphatic heterocycles. The van der Waals surface area contributed by atoms with Gasteiger partial charge in [-0.1, -0.05) is 12.1 Å². The Labute approximate surface area is 125 Å². The second-order valence-electron chi connectivity index (χ2n) is 5.48. The number of piperazine rings is 1. The first kappa shape index (κ1) is 13.7. The highest BCUT2D eigenvalue weighted by molar-refractivity contribution is 5.91. The van der Waals surface area contributed by atoms with E-state index in [1.807, 2.05) is 4.90 Å².